The number of carbonyl (C=O) groups excluding carboxylic acids is 1. The van der Waals surface area contributed by atoms with Gasteiger partial charge in [0.2, 0.25) is 0 Å². The Hall–Kier alpha value is -1.39. The number of nitrogens with zero attached hydrogens (tertiary/aromatic N) is 1. The zero-order chi connectivity index (χ0) is 14.0. The van der Waals surface area contributed by atoms with E-state index in [9.17, 15) is 4.79 Å². The second-order valence-electron chi connectivity index (χ2n) is 5.20. The number of methoxy groups -OCH3 is 1. The number of Topliss-reactive ketones (excluding diaryl/α,β-unsaturated/α-hetero) is 1. The van der Waals surface area contributed by atoms with Crippen molar-refractivity contribution in [1.82, 2.24) is 10.2 Å². The lowest BCUT2D eigenvalue weighted by molar-refractivity contribution is 0.0818. The minimum Gasteiger partial charge on any atom is -0.496 e. The third-order valence-electron chi connectivity index (χ3n) is 3.82. The molecule has 1 unspecified atom stereocenters. The molecule has 0 radical (unpaired) electrons. The zero-order valence-electron chi connectivity index (χ0n) is 12.1. The number of carbonyl (C=O) groups is 1. The van der Waals surface area contributed by atoms with E-state index in [1.54, 1.807) is 7.11 Å². The number of rotatable bonds is 3. The van der Waals surface area contributed by atoms with Crippen molar-refractivity contribution in [2.75, 3.05) is 33.8 Å². The highest BCUT2D eigenvalue weighted by atomic mass is 16.5. The first-order valence-corrected chi connectivity index (χ1v) is 6.65. The Morgan fingerprint density at radius 3 is 2.74 bits per heavy atom. The van der Waals surface area contributed by atoms with E-state index in [2.05, 4.69) is 10.2 Å². The lowest BCUT2D eigenvalue weighted by Gasteiger charge is -2.32. The number of benzene rings is 1. The Kier molecular flexibility index (Phi) is 4.22. The number of nitrogens with one attached hydrogen (secondary N) is 1. The van der Waals surface area contributed by atoms with Gasteiger partial charge in [0.05, 0.1) is 13.2 Å². The minimum absolute atomic E-state index is 0.0692. The van der Waals surface area contributed by atoms with E-state index < -0.39 is 0 Å². The molecule has 0 spiro atoms. The lowest BCUT2D eigenvalue weighted by Crippen LogP contribution is -2.53. The normalized spacial score (nSPS) is 20.3. The maximum atomic E-state index is 12.7. The number of piperazine rings is 1. The van der Waals surface area contributed by atoms with E-state index in [-0.39, 0.29) is 11.8 Å². The fourth-order valence-electron chi connectivity index (χ4n) is 2.55. The van der Waals surface area contributed by atoms with Gasteiger partial charge in [-0.15, -0.1) is 0 Å². The molecule has 1 heterocycles. The quantitative estimate of drug-likeness (QED) is 0.836. The Balaban J connectivity index is 2.30. The maximum absolute atomic E-state index is 12.7. The van der Waals surface area contributed by atoms with Gasteiger partial charge in [-0.1, -0.05) is 0 Å². The Morgan fingerprint density at radius 1 is 1.37 bits per heavy atom. The van der Waals surface area contributed by atoms with Crippen LogP contribution >= 0.6 is 0 Å². The standard InChI is InChI=1S/C15H22N2O2/c1-10-8-14(19-4)11(2)7-12(10)15(18)13-9-16-5-6-17(13)3/h7-8,13,16H,5-6,9H2,1-4H3. The molecule has 1 aliphatic heterocycles. The van der Waals surface area contributed by atoms with Crippen LogP contribution in [0.2, 0.25) is 0 Å². The Bertz CT molecular complexity index is 485. The molecule has 1 aromatic carbocycles. The van der Waals surface area contributed by atoms with Crippen molar-refractivity contribution in [2.24, 2.45) is 0 Å². The van der Waals surface area contributed by atoms with Crippen LogP contribution in [-0.4, -0.2) is 50.5 Å². The third-order valence-corrected chi connectivity index (χ3v) is 3.82. The van der Waals surface area contributed by atoms with Gasteiger partial charge in [0, 0.05) is 25.2 Å². The first kappa shape index (κ1) is 14.0. The highest BCUT2D eigenvalue weighted by Gasteiger charge is 2.27. The Morgan fingerprint density at radius 2 is 2.11 bits per heavy atom. The summed E-state index contributed by atoms with van der Waals surface area (Å²) in [4.78, 5) is 14.8. The monoisotopic (exact) mass is 262 g/mol. The molecule has 4 nitrogen and oxygen atoms in total. The molecule has 1 N–H and O–H groups in total. The average Bonchev–Trinajstić information content (AvgIpc) is 2.40. The summed E-state index contributed by atoms with van der Waals surface area (Å²) in [7, 11) is 3.66. The molecule has 0 aliphatic carbocycles. The molecule has 1 saturated heterocycles. The van der Waals surface area contributed by atoms with Crippen LogP contribution in [0.3, 0.4) is 0 Å². The lowest BCUT2D eigenvalue weighted by atomic mass is 9.95. The summed E-state index contributed by atoms with van der Waals surface area (Å²) in [6, 6.07) is 3.82. The molecular formula is C15H22N2O2. The van der Waals surface area contributed by atoms with Crippen LogP contribution in [-0.2, 0) is 0 Å². The molecule has 19 heavy (non-hydrogen) atoms. The summed E-state index contributed by atoms with van der Waals surface area (Å²) >= 11 is 0. The molecule has 0 saturated carbocycles. The second-order valence-corrected chi connectivity index (χ2v) is 5.20. The van der Waals surface area contributed by atoms with E-state index in [0.717, 1.165) is 42.1 Å². The van der Waals surface area contributed by atoms with Gasteiger partial charge < -0.3 is 10.1 Å². The van der Waals surface area contributed by atoms with Gasteiger partial charge in [0.25, 0.3) is 0 Å². The van der Waals surface area contributed by atoms with Crippen LogP contribution in [0, 0.1) is 13.8 Å². The number of ketones is 1. The summed E-state index contributed by atoms with van der Waals surface area (Å²) in [5.41, 5.74) is 2.79. The van der Waals surface area contributed by atoms with Crippen LogP contribution in [0.25, 0.3) is 0 Å². The molecule has 0 bridgehead atoms. The Labute approximate surface area is 114 Å². The number of hydrogen-bond donors (Lipinski definition) is 1. The van der Waals surface area contributed by atoms with Crippen LogP contribution in [0.15, 0.2) is 12.1 Å². The van der Waals surface area contributed by atoms with Crippen molar-refractivity contribution in [3.05, 3.63) is 28.8 Å². The van der Waals surface area contributed by atoms with Gasteiger partial charge in [-0.25, -0.2) is 0 Å². The van der Waals surface area contributed by atoms with E-state index >= 15 is 0 Å². The van der Waals surface area contributed by atoms with Crippen LogP contribution in [0.5, 0.6) is 5.75 Å². The summed E-state index contributed by atoms with van der Waals surface area (Å²) in [5.74, 6) is 1.03. The highest BCUT2D eigenvalue weighted by molar-refractivity contribution is 6.01. The molecule has 104 valence electrons. The summed E-state index contributed by atoms with van der Waals surface area (Å²) < 4.78 is 5.29. The van der Waals surface area contributed by atoms with Gasteiger partial charge in [-0.3, -0.25) is 9.69 Å². The topological polar surface area (TPSA) is 41.6 Å². The molecule has 1 aliphatic rings. The van der Waals surface area contributed by atoms with E-state index in [0.29, 0.717) is 0 Å². The van der Waals surface area contributed by atoms with Crippen molar-refractivity contribution in [3.8, 4) is 5.75 Å². The smallest absolute Gasteiger partial charge is 0.181 e. The first-order chi connectivity index (χ1) is 9.04. The molecule has 1 atom stereocenters. The fourth-order valence-corrected chi connectivity index (χ4v) is 2.55. The molecule has 0 amide bonds. The number of hydrogen-bond acceptors (Lipinski definition) is 4. The molecular weight excluding hydrogens is 240 g/mol. The summed E-state index contributed by atoms with van der Waals surface area (Å²) in [5, 5.41) is 3.29. The first-order valence-electron chi connectivity index (χ1n) is 6.65. The van der Waals surface area contributed by atoms with Crippen molar-refractivity contribution in [2.45, 2.75) is 19.9 Å². The van der Waals surface area contributed by atoms with Gasteiger partial charge in [0.1, 0.15) is 5.75 Å². The predicted octanol–water partition coefficient (Wildman–Crippen LogP) is 1.40. The van der Waals surface area contributed by atoms with Crippen LogP contribution in [0.1, 0.15) is 21.5 Å². The highest BCUT2D eigenvalue weighted by Crippen LogP contribution is 2.24. The maximum Gasteiger partial charge on any atom is 0.181 e. The minimum atomic E-state index is -0.0692. The van der Waals surface area contributed by atoms with Gasteiger partial charge in [-0.05, 0) is 44.2 Å². The largest absolute Gasteiger partial charge is 0.496 e. The van der Waals surface area contributed by atoms with Crippen molar-refractivity contribution in [3.63, 3.8) is 0 Å². The second kappa shape index (κ2) is 5.72. The molecule has 1 aromatic rings. The summed E-state index contributed by atoms with van der Waals surface area (Å²) in [6.45, 7) is 6.51. The van der Waals surface area contributed by atoms with E-state index in [1.165, 1.54) is 0 Å². The predicted molar refractivity (Wildman–Crippen MR) is 76.1 cm³/mol. The fraction of sp³-hybridized carbons (Fsp3) is 0.533. The van der Waals surface area contributed by atoms with Crippen LogP contribution in [0.4, 0.5) is 0 Å². The van der Waals surface area contributed by atoms with Crippen molar-refractivity contribution >= 4 is 5.78 Å². The van der Waals surface area contributed by atoms with Gasteiger partial charge in [-0.2, -0.15) is 0 Å². The molecule has 0 aromatic heterocycles. The zero-order valence-corrected chi connectivity index (χ0v) is 12.1. The number of aryl methyl sites for hydroxylation is 2. The van der Waals surface area contributed by atoms with Gasteiger partial charge >= 0.3 is 0 Å². The van der Waals surface area contributed by atoms with Crippen molar-refractivity contribution < 1.29 is 9.53 Å². The number of ether oxygens (including phenoxy) is 1. The SMILES string of the molecule is COc1cc(C)c(C(=O)C2CNCCN2C)cc1C. The van der Waals surface area contributed by atoms with Crippen molar-refractivity contribution in [1.29, 1.82) is 0 Å². The van der Waals surface area contributed by atoms with Crippen LogP contribution < -0.4 is 10.1 Å². The van der Waals surface area contributed by atoms with E-state index in [4.69, 9.17) is 4.74 Å². The third kappa shape index (κ3) is 2.80. The molecule has 2 rings (SSSR count). The molecule has 1 fully saturated rings. The number of likely N-dealkylation sites (N-methyl/N-ethyl adjacent to an activating group) is 1. The van der Waals surface area contributed by atoms with E-state index in [1.807, 2.05) is 33.0 Å². The average molecular weight is 262 g/mol. The van der Waals surface area contributed by atoms with Gasteiger partial charge in [0.15, 0.2) is 5.78 Å². The summed E-state index contributed by atoms with van der Waals surface area (Å²) in [6.07, 6.45) is 0. The molecule has 4 heteroatoms.